The molecule has 0 radical (unpaired) electrons. The van der Waals surface area contributed by atoms with Crippen molar-refractivity contribution < 1.29 is 20.4 Å². The van der Waals surface area contributed by atoms with Crippen LogP contribution in [0.1, 0.15) is 0 Å². The van der Waals surface area contributed by atoms with Gasteiger partial charge in [0.25, 0.3) is 0 Å². The van der Waals surface area contributed by atoms with E-state index in [0.29, 0.717) is 0 Å². The molecule has 1 fully saturated rings. The standard InChI is InChI=1S/C7H16N2O4/c8-1-3-6(12)7(13)5(9-3)4(11)2-10/h3-7,9-13H,1-2,8H2. The van der Waals surface area contributed by atoms with E-state index in [-0.39, 0.29) is 6.54 Å². The second-order valence-corrected chi connectivity index (χ2v) is 3.27. The summed E-state index contributed by atoms with van der Waals surface area (Å²) in [7, 11) is 0. The predicted octanol–water partition coefficient (Wildman–Crippen LogP) is -3.64. The van der Waals surface area contributed by atoms with Crippen LogP contribution in [0.5, 0.6) is 0 Å². The summed E-state index contributed by atoms with van der Waals surface area (Å²) in [6, 6.07) is -1.14. The molecule has 5 atom stereocenters. The van der Waals surface area contributed by atoms with Gasteiger partial charge in [0.15, 0.2) is 0 Å². The third-order valence-corrected chi connectivity index (χ3v) is 2.39. The lowest BCUT2D eigenvalue weighted by atomic mass is 10.0. The number of rotatable bonds is 3. The number of hydrogen-bond donors (Lipinski definition) is 6. The van der Waals surface area contributed by atoms with Crippen LogP contribution >= 0.6 is 0 Å². The molecule has 0 bridgehead atoms. The Labute approximate surface area is 76.0 Å². The molecule has 1 aliphatic rings. The number of nitrogens with two attached hydrogens (primary N) is 1. The number of aliphatic hydroxyl groups is 4. The lowest BCUT2D eigenvalue weighted by Gasteiger charge is -2.19. The van der Waals surface area contributed by atoms with Gasteiger partial charge in [-0.25, -0.2) is 0 Å². The number of hydrogen-bond acceptors (Lipinski definition) is 6. The van der Waals surface area contributed by atoms with E-state index in [4.69, 9.17) is 10.8 Å². The molecule has 0 aromatic rings. The molecule has 1 heterocycles. The van der Waals surface area contributed by atoms with Gasteiger partial charge in [-0.05, 0) is 0 Å². The fourth-order valence-corrected chi connectivity index (χ4v) is 1.55. The summed E-state index contributed by atoms with van der Waals surface area (Å²) in [5.41, 5.74) is 5.31. The highest BCUT2D eigenvalue weighted by atomic mass is 16.3. The predicted molar refractivity (Wildman–Crippen MR) is 44.9 cm³/mol. The minimum Gasteiger partial charge on any atom is -0.394 e. The quantitative estimate of drug-likeness (QED) is 0.274. The summed E-state index contributed by atoms with van der Waals surface area (Å²) in [4.78, 5) is 0. The summed E-state index contributed by atoms with van der Waals surface area (Å²) in [5.74, 6) is 0. The molecule has 1 aliphatic heterocycles. The molecule has 13 heavy (non-hydrogen) atoms. The Kier molecular flexibility index (Phi) is 3.60. The zero-order chi connectivity index (χ0) is 10.0. The SMILES string of the molecule is NCC1NC(C(O)CO)C(O)C1O. The summed E-state index contributed by atoms with van der Waals surface area (Å²) in [6.07, 6.45) is -3.16. The molecule has 1 saturated heterocycles. The van der Waals surface area contributed by atoms with Crippen LogP contribution in [0, 0.1) is 0 Å². The van der Waals surface area contributed by atoms with Crippen LogP contribution in [-0.2, 0) is 0 Å². The maximum atomic E-state index is 9.42. The van der Waals surface area contributed by atoms with Crippen molar-refractivity contribution in [3.05, 3.63) is 0 Å². The lowest BCUT2D eigenvalue weighted by molar-refractivity contribution is -0.0126. The maximum Gasteiger partial charge on any atom is 0.0993 e. The zero-order valence-corrected chi connectivity index (χ0v) is 7.17. The van der Waals surface area contributed by atoms with Gasteiger partial charge in [-0.1, -0.05) is 0 Å². The molecule has 0 saturated carbocycles. The van der Waals surface area contributed by atoms with Crippen molar-refractivity contribution in [1.82, 2.24) is 5.32 Å². The molecule has 78 valence electrons. The van der Waals surface area contributed by atoms with E-state index in [1.165, 1.54) is 0 Å². The monoisotopic (exact) mass is 192 g/mol. The van der Waals surface area contributed by atoms with E-state index in [2.05, 4.69) is 5.32 Å². The molecular formula is C7H16N2O4. The summed E-state index contributed by atoms with van der Waals surface area (Å²) in [5, 5.41) is 39.4. The highest BCUT2D eigenvalue weighted by Gasteiger charge is 2.43. The Bertz CT molecular complexity index is 169. The molecule has 6 heteroatoms. The molecule has 6 nitrogen and oxygen atoms in total. The largest absolute Gasteiger partial charge is 0.394 e. The van der Waals surface area contributed by atoms with Crippen LogP contribution < -0.4 is 11.1 Å². The Morgan fingerprint density at radius 3 is 2.31 bits per heavy atom. The van der Waals surface area contributed by atoms with Gasteiger partial charge >= 0.3 is 0 Å². The molecule has 1 rings (SSSR count). The molecule has 0 aliphatic carbocycles. The van der Waals surface area contributed by atoms with Crippen LogP contribution in [-0.4, -0.2) is 64.0 Å². The van der Waals surface area contributed by atoms with E-state index in [0.717, 1.165) is 0 Å². The summed E-state index contributed by atoms with van der Waals surface area (Å²) in [6.45, 7) is -0.286. The minimum absolute atomic E-state index is 0.173. The zero-order valence-electron chi connectivity index (χ0n) is 7.17. The van der Waals surface area contributed by atoms with Crippen molar-refractivity contribution in [2.75, 3.05) is 13.2 Å². The van der Waals surface area contributed by atoms with Gasteiger partial charge in [-0.15, -0.1) is 0 Å². The lowest BCUT2D eigenvalue weighted by Crippen LogP contribution is -2.46. The van der Waals surface area contributed by atoms with Gasteiger partial charge in [0, 0.05) is 12.6 Å². The molecule has 0 spiro atoms. The second-order valence-electron chi connectivity index (χ2n) is 3.27. The van der Waals surface area contributed by atoms with Gasteiger partial charge < -0.3 is 31.5 Å². The fourth-order valence-electron chi connectivity index (χ4n) is 1.55. The molecule has 0 aromatic carbocycles. The van der Waals surface area contributed by atoms with Crippen molar-refractivity contribution in [1.29, 1.82) is 0 Å². The normalized spacial score (nSPS) is 42.2. The maximum absolute atomic E-state index is 9.42. The second kappa shape index (κ2) is 4.32. The molecule has 7 N–H and O–H groups in total. The Balaban J connectivity index is 2.60. The molecule has 0 aromatic heterocycles. The van der Waals surface area contributed by atoms with Gasteiger partial charge in [0.05, 0.1) is 31.0 Å². The van der Waals surface area contributed by atoms with E-state index in [9.17, 15) is 15.3 Å². The first-order chi connectivity index (χ1) is 6.11. The average molecular weight is 192 g/mol. The smallest absolute Gasteiger partial charge is 0.0993 e. The third kappa shape index (κ3) is 1.98. The number of nitrogens with one attached hydrogen (secondary N) is 1. The van der Waals surface area contributed by atoms with Gasteiger partial charge in [0.1, 0.15) is 0 Å². The van der Waals surface area contributed by atoms with Crippen LogP contribution in [0.15, 0.2) is 0 Å². The van der Waals surface area contributed by atoms with E-state index in [1.807, 2.05) is 0 Å². The first kappa shape index (κ1) is 10.8. The van der Waals surface area contributed by atoms with Crippen molar-refractivity contribution in [2.24, 2.45) is 5.73 Å². The molecular weight excluding hydrogens is 176 g/mol. The number of aliphatic hydroxyl groups excluding tert-OH is 4. The highest BCUT2D eigenvalue weighted by Crippen LogP contribution is 2.16. The Hall–Kier alpha value is -0.240. The van der Waals surface area contributed by atoms with Gasteiger partial charge in [-0.2, -0.15) is 0 Å². The van der Waals surface area contributed by atoms with Crippen LogP contribution in [0.4, 0.5) is 0 Å². The van der Waals surface area contributed by atoms with E-state index < -0.39 is 37.0 Å². The fraction of sp³-hybridized carbons (Fsp3) is 1.00. The van der Waals surface area contributed by atoms with Crippen molar-refractivity contribution >= 4 is 0 Å². The molecule has 0 amide bonds. The van der Waals surface area contributed by atoms with Crippen molar-refractivity contribution in [3.8, 4) is 0 Å². The van der Waals surface area contributed by atoms with E-state index in [1.54, 1.807) is 0 Å². The van der Waals surface area contributed by atoms with Crippen molar-refractivity contribution in [2.45, 2.75) is 30.4 Å². The van der Waals surface area contributed by atoms with Gasteiger partial charge in [-0.3, -0.25) is 0 Å². The first-order valence-corrected chi connectivity index (χ1v) is 4.23. The molecule has 5 unspecified atom stereocenters. The van der Waals surface area contributed by atoms with E-state index >= 15 is 0 Å². The third-order valence-electron chi connectivity index (χ3n) is 2.39. The minimum atomic E-state index is -1.09. The van der Waals surface area contributed by atoms with Crippen LogP contribution in [0.2, 0.25) is 0 Å². The Morgan fingerprint density at radius 1 is 1.31 bits per heavy atom. The summed E-state index contributed by atoms with van der Waals surface area (Å²) >= 11 is 0. The first-order valence-electron chi connectivity index (χ1n) is 4.23. The van der Waals surface area contributed by atoms with Crippen LogP contribution in [0.3, 0.4) is 0 Å². The van der Waals surface area contributed by atoms with Crippen LogP contribution in [0.25, 0.3) is 0 Å². The highest BCUT2D eigenvalue weighted by molar-refractivity contribution is 5.01. The summed E-state index contributed by atoms with van der Waals surface area (Å²) < 4.78 is 0. The topological polar surface area (TPSA) is 119 Å². The van der Waals surface area contributed by atoms with Crippen molar-refractivity contribution in [3.63, 3.8) is 0 Å². The van der Waals surface area contributed by atoms with Gasteiger partial charge in [0.2, 0.25) is 0 Å². The Morgan fingerprint density at radius 2 is 1.92 bits per heavy atom. The average Bonchev–Trinajstić information content (AvgIpc) is 2.43.